The molecule has 0 radical (unpaired) electrons. The lowest BCUT2D eigenvalue weighted by molar-refractivity contribution is 0.0589. The summed E-state index contributed by atoms with van der Waals surface area (Å²) in [5, 5.41) is 14.3. The van der Waals surface area contributed by atoms with Gasteiger partial charge in [0.25, 0.3) is 0 Å². The van der Waals surface area contributed by atoms with Crippen LogP contribution in [-0.4, -0.2) is 45.8 Å². The van der Waals surface area contributed by atoms with E-state index in [0.29, 0.717) is 17.3 Å². The van der Waals surface area contributed by atoms with E-state index in [1.54, 1.807) is 13.2 Å². The van der Waals surface area contributed by atoms with Gasteiger partial charge in [-0.25, -0.2) is 4.79 Å². The molecule has 0 saturated heterocycles. The highest BCUT2D eigenvalue weighted by Crippen LogP contribution is 2.30. The highest BCUT2D eigenvalue weighted by Gasteiger charge is 2.21. The quantitative estimate of drug-likeness (QED) is 0.408. The second-order valence-corrected chi connectivity index (χ2v) is 7.27. The van der Waals surface area contributed by atoms with Crippen molar-refractivity contribution >= 4 is 5.97 Å². The zero-order valence-electron chi connectivity index (χ0n) is 18.5. The fraction of sp³-hybridized carbons (Fsp3) is 0.208. The maximum absolute atomic E-state index is 12.4. The van der Waals surface area contributed by atoms with Crippen molar-refractivity contribution in [1.29, 1.82) is 0 Å². The van der Waals surface area contributed by atoms with E-state index in [4.69, 9.17) is 14.2 Å². The van der Waals surface area contributed by atoms with E-state index in [1.165, 1.54) is 7.11 Å². The Morgan fingerprint density at radius 2 is 1.76 bits per heavy atom. The van der Waals surface area contributed by atoms with Crippen molar-refractivity contribution in [3.8, 4) is 28.3 Å². The average Bonchev–Trinajstić information content (AvgIpc) is 3.38. The van der Waals surface area contributed by atoms with E-state index in [9.17, 15) is 4.79 Å². The summed E-state index contributed by atoms with van der Waals surface area (Å²) >= 11 is 0. The number of methoxy groups -OCH3 is 2. The molecule has 1 N–H and O–H groups in total. The van der Waals surface area contributed by atoms with Crippen molar-refractivity contribution in [2.75, 3.05) is 14.2 Å². The lowest BCUT2D eigenvalue weighted by Gasteiger charge is -2.15. The molecular weight excluding hydrogens is 422 g/mol. The van der Waals surface area contributed by atoms with Crippen LogP contribution in [0.4, 0.5) is 0 Å². The van der Waals surface area contributed by atoms with Crippen molar-refractivity contribution < 1.29 is 19.0 Å². The molecule has 4 rings (SSSR count). The Labute approximate surface area is 190 Å². The van der Waals surface area contributed by atoms with Crippen LogP contribution < -0.4 is 4.74 Å². The molecule has 2 heterocycles. The molecule has 2 aromatic carbocycles. The number of carbonyl (C=O) groups is 1. The average molecular weight is 445 g/mol. The largest absolute Gasteiger partial charge is 0.488 e. The van der Waals surface area contributed by atoms with Crippen molar-refractivity contribution in [3.05, 3.63) is 77.1 Å². The van der Waals surface area contributed by atoms with Crippen LogP contribution in [0, 0.1) is 6.92 Å². The molecule has 4 aromatic rings. The summed E-state index contributed by atoms with van der Waals surface area (Å²) in [7, 11) is 2.87. The molecule has 0 saturated carbocycles. The van der Waals surface area contributed by atoms with Gasteiger partial charge in [-0.15, -0.1) is 10.2 Å². The molecule has 0 fully saturated rings. The second-order valence-electron chi connectivity index (χ2n) is 7.27. The van der Waals surface area contributed by atoms with Gasteiger partial charge in [-0.3, -0.25) is 4.98 Å². The Hall–Kier alpha value is -4.11. The number of hydrogen-bond donors (Lipinski definition) is 1. The Kier molecular flexibility index (Phi) is 6.70. The van der Waals surface area contributed by atoms with Crippen molar-refractivity contribution in [2.24, 2.45) is 0 Å². The number of pyridine rings is 1. The summed E-state index contributed by atoms with van der Waals surface area (Å²) in [6, 6.07) is 17.6. The third-order valence-corrected chi connectivity index (χ3v) is 5.03. The summed E-state index contributed by atoms with van der Waals surface area (Å²) in [6.45, 7) is 2.28. The van der Waals surface area contributed by atoms with E-state index in [0.717, 1.165) is 27.9 Å². The summed E-state index contributed by atoms with van der Waals surface area (Å²) in [5.74, 6) is 0.430. The summed E-state index contributed by atoms with van der Waals surface area (Å²) < 4.78 is 16.1. The van der Waals surface area contributed by atoms with Gasteiger partial charge in [0.15, 0.2) is 0 Å². The Balaban J connectivity index is 1.57. The number of carbonyl (C=O) groups excluding carboxylic acids is 1. The lowest BCUT2D eigenvalue weighted by Crippen LogP contribution is -2.12. The molecule has 0 amide bonds. The molecule has 33 heavy (non-hydrogen) atoms. The van der Waals surface area contributed by atoms with E-state index in [2.05, 4.69) is 25.6 Å². The van der Waals surface area contributed by atoms with Gasteiger partial charge in [-0.2, -0.15) is 5.21 Å². The summed E-state index contributed by atoms with van der Waals surface area (Å²) in [5.41, 5.74) is 5.30. The smallest absolute Gasteiger partial charge is 0.343 e. The predicted octanol–water partition coefficient (Wildman–Crippen LogP) is 3.75. The minimum Gasteiger partial charge on any atom is -0.488 e. The number of nitrogens with zero attached hydrogens (tertiary/aromatic N) is 4. The lowest BCUT2D eigenvalue weighted by atomic mass is 9.98. The molecule has 0 atom stereocenters. The Bertz CT molecular complexity index is 1240. The predicted molar refractivity (Wildman–Crippen MR) is 120 cm³/mol. The van der Waals surface area contributed by atoms with Crippen LogP contribution in [0.15, 0.2) is 54.6 Å². The van der Waals surface area contributed by atoms with E-state index in [-0.39, 0.29) is 18.8 Å². The van der Waals surface area contributed by atoms with Gasteiger partial charge in [-0.05, 0) is 28.8 Å². The van der Waals surface area contributed by atoms with Crippen molar-refractivity contribution in [3.63, 3.8) is 0 Å². The standard InChI is InChI=1S/C24H23N5O4/c1-15-12-21(22(24(30)32-3)20(25-15)14-31-2)33-13-16-8-10-17(11-9-16)18-6-4-5-7-19(18)23-26-28-29-27-23/h4-12H,13-14H2,1-3H3,(H,26,27,28,29). The first-order valence-corrected chi connectivity index (χ1v) is 10.2. The molecule has 0 aliphatic rings. The molecule has 168 valence electrons. The number of tetrazole rings is 1. The third-order valence-electron chi connectivity index (χ3n) is 5.03. The summed E-state index contributed by atoms with van der Waals surface area (Å²) in [4.78, 5) is 16.8. The molecule has 9 heteroatoms. The molecule has 2 aromatic heterocycles. The van der Waals surface area contributed by atoms with Crippen LogP contribution in [0.3, 0.4) is 0 Å². The van der Waals surface area contributed by atoms with Gasteiger partial charge in [0, 0.05) is 24.4 Å². The van der Waals surface area contributed by atoms with Crippen molar-refractivity contribution in [1.82, 2.24) is 25.6 Å². The SMILES string of the molecule is COCc1nc(C)cc(OCc2ccc(-c3ccccc3-c3nn[nH]n3)cc2)c1C(=O)OC. The maximum atomic E-state index is 12.4. The van der Waals surface area contributed by atoms with E-state index >= 15 is 0 Å². The molecule has 0 aliphatic heterocycles. The topological polar surface area (TPSA) is 112 Å². The molecule has 0 spiro atoms. The van der Waals surface area contributed by atoms with E-state index in [1.807, 2.05) is 55.5 Å². The normalized spacial score (nSPS) is 10.8. The zero-order chi connectivity index (χ0) is 23.2. The minimum atomic E-state index is -0.516. The fourth-order valence-corrected chi connectivity index (χ4v) is 3.53. The minimum absolute atomic E-state index is 0.178. The second kappa shape index (κ2) is 10.0. The third kappa shape index (κ3) is 4.88. The number of esters is 1. The molecule has 9 nitrogen and oxygen atoms in total. The first-order chi connectivity index (χ1) is 16.1. The first-order valence-electron chi connectivity index (χ1n) is 10.2. The highest BCUT2D eigenvalue weighted by molar-refractivity contribution is 5.93. The van der Waals surface area contributed by atoms with Gasteiger partial charge < -0.3 is 14.2 Å². The maximum Gasteiger partial charge on any atom is 0.343 e. The highest BCUT2D eigenvalue weighted by atomic mass is 16.5. The van der Waals surface area contributed by atoms with Crippen LogP contribution in [0.5, 0.6) is 5.75 Å². The molecule has 0 aliphatic carbocycles. The first kappa shape index (κ1) is 22.1. The van der Waals surface area contributed by atoms with Crippen LogP contribution in [0.25, 0.3) is 22.5 Å². The number of ether oxygens (including phenoxy) is 3. The van der Waals surface area contributed by atoms with Gasteiger partial charge in [0.2, 0.25) is 5.82 Å². The van der Waals surface area contributed by atoms with Crippen LogP contribution in [-0.2, 0) is 22.7 Å². The number of H-pyrrole nitrogens is 1. The monoisotopic (exact) mass is 445 g/mol. The Morgan fingerprint density at radius 3 is 2.42 bits per heavy atom. The van der Waals surface area contributed by atoms with E-state index < -0.39 is 5.97 Å². The van der Waals surface area contributed by atoms with Crippen molar-refractivity contribution in [2.45, 2.75) is 20.1 Å². The van der Waals surface area contributed by atoms with Gasteiger partial charge >= 0.3 is 5.97 Å². The van der Waals surface area contributed by atoms with Crippen LogP contribution >= 0.6 is 0 Å². The molecule has 0 bridgehead atoms. The number of aromatic amines is 1. The molecular formula is C24H23N5O4. The molecule has 0 unspecified atom stereocenters. The zero-order valence-corrected chi connectivity index (χ0v) is 18.5. The number of hydrogen-bond acceptors (Lipinski definition) is 8. The Morgan fingerprint density at radius 1 is 1.00 bits per heavy atom. The number of rotatable bonds is 8. The number of nitrogens with one attached hydrogen (secondary N) is 1. The number of aryl methyl sites for hydroxylation is 1. The van der Waals surface area contributed by atoms with Crippen LogP contribution in [0.2, 0.25) is 0 Å². The number of aromatic nitrogens is 5. The van der Waals surface area contributed by atoms with Gasteiger partial charge in [-0.1, -0.05) is 48.5 Å². The van der Waals surface area contributed by atoms with Crippen LogP contribution in [0.1, 0.15) is 27.3 Å². The fourth-order valence-electron chi connectivity index (χ4n) is 3.53. The summed E-state index contributed by atoms with van der Waals surface area (Å²) in [6.07, 6.45) is 0. The van der Waals surface area contributed by atoms with Gasteiger partial charge in [0.1, 0.15) is 17.9 Å². The van der Waals surface area contributed by atoms with Gasteiger partial charge in [0.05, 0.1) is 19.4 Å². The number of benzene rings is 2.